The van der Waals surface area contributed by atoms with Crippen LogP contribution in [0.1, 0.15) is 12.5 Å². The molecule has 0 spiro atoms. The molecule has 0 bridgehead atoms. The Balaban J connectivity index is 2.64. The summed E-state index contributed by atoms with van der Waals surface area (Å²) in [6.07, 6.45) is 4.25. The van der Waals surface area contributed by atoms with E-state index in [1.807, 2.05) is 0 Å². The van der Waals surface area contributed by atoms with E-state index in [9.17, 15) is 9.59 Å². The lowest BCUT2D eigenvalue weighted by Gasteiger charge is -2.14. The van der Waals surface area contributed by atoms with Gasteiger partial charge in [-0.25, -0.2) is 0 Å². The molecule has 0 aromatic heterocycles. The second-order valence-corrected chi connectivity index (χ2v) is 3.90. The molecule has 1 atom stereocenters. The highest BCUT2D eigenvalue weighted by Crippen LogP contribution is 2.15. The number of carboxylic acid groups (broad SMARTS) is 1. The van der Waals surface area contributed by atoms with E-state index in [-0.39, 0.29) is 18.9 Å². The number of terminal acetylenes is 1. The smallest absolute Gasteiger partial charge is 0.307 e. The highest BCUT2D eigenvalue weighted by molar-refractivity contribution is 5.80. The summed E-state index contributed by atoms with van der Waals surface area (Å²) >= 11 is 0. The lowest BCUT2D eigenvalue weighted by atomic mass is 10.1. The number of ether oxygens (including phenoxy) is 1. The van der Waals surface area contributed by atoms with Gasteiger partial charge >= 0.3 is 5.97 Å². The zero-order valence-electron chi connectivity index (χ0n) is 10.6. The number of aliphatic carboxylic acids is 1. The molecule has 0 fully saturated rings. The fraction of sp³-hybridized carbons (Fsp3) is 0.286. The number of amides is 1. The Morgan fingerprint density at radius 2 is 2.26 bits per heavy atom. The summed E-state index contributed by atoms with van der Waals surface area (Å²) in [6, 6.07) is 6.62. The highest BCUT2D eigenvalue weighted by Gasteiger charge is 2.13. The first-order chi connectivity index (χ1) is 9.02. The summed E-state index contributed by atoms with van der Waals surface area (Å²) < 4.78 is 5.42. The Kier molecular flexibility index (Phi) is 5.42. The van der Waals surface area contributed by atoms with Crippen LogP contribution in [0.3, 0.4) is 0 Å². The average Bonchev–Trinajstić information content (AvgIpc) is 2.35. The molecular formula is C14H15NO4. The molecule has 0 radical (unpaired) electrons. The quantitative estimate of drug-likeness (QED) is 0.744. The Hall–Kier alpha value is -2.48. The molecule has 100 valence electrons. The topological polar surface area (TPSA) is 75.6 Å². The third kappa shape index (κ3) is 5.13. The molecule has 0 saturated heterocycles. The highest BCUT2D eigenvalue weighted by atomic mass is 16.5. The molecule has 5 nitrogen and oxygen atoms in total. The van der Waals surface area contributed by atoms with Gasteiger partial charge in [0.1, 0.15) is 5.75 Å². The minimum Gasteiger partial charge on any atom is -0.481 e. The van der Waals surface area contributed by atoms with Gasteiger partial charge in [0.05, 0.1) is 13.0 Å². The van der Waals surface area contributed by atoms with E-state index < -0.39 is 12.1 Å². The van der Waals surface area contributed by atoms with Crippen LogP contribution in [-0.2, 0) is 16.0 Å². The minimum absolute atomic E-state index is 0.0884. The normalized spacial score (nSPS) is 11.2. The first kappa shape index (κ1) is 14.6. The van der Waals surface area contributed by atoms with Crippen molar-refractivity contribution >= 4 is 11.9 Å². The van der Waals surface area contributed by atoms with Crippen LogP contribution in [0.4, 0.5) is 0 Å². The van der Waals surface area contributed by atoms with Gasteiger partial charge in [-0.2, -0.15) is 0 Å². The average molecular weight is 261 g/mol. The number of carboxylic acids is 1. The van der Waals surface area contributed by atoms with Crippen LogP contribution in [-0.4, -0.2) is 29.6 Å². The van der Waals surface area contributed by atoms with Crippen molar-refractivity contribution in [3.8, 4) is 18.1 Å². The number of carbonyl (C=O) groups excluding carboxylic acids is 1. The number of benzene rings is 1. The first-order valence-corrected chi connectivity index (χ1v) is 5.71. The van der Waals surface area contributed by atoms with Gasteiger partial charge in [-0.1, -0.05) is 18.1 Å². The summed E-state index contributed by atoms with van der Waals surface area (Å²) in [4.78, 5) is 22.1. The predicted molar refractivity (Wildman–Crippen MR) is 69.7 cm³/mol. The molecule has 0 saturated carbocycles. The van der Waals surface area contributed by atoms with Crippen LogP contribution in [0, 0.1) is 12.3 Å². The van der Waals surface area contributed by atoms with Crippen molar-refractivity contribution in [1.82, 2.24) is 5.32 Å². The van der Waals surface area contributed by atoms with E-state index in [4.69, 9.17) is 16.3 Å². The van der Waals surface area contributed by atoms with Gasteiger partial charge in [0.2, 0.25) is 0 Å². The maximum Gasteiger partial charge on any atom is 0.307 e. The van der Waals surface area contributed by atoms with Crippen LogP contribution in [0.15, 0.2) is 24.3 Å². The van der Waals surface area contributed by atoms with Crippen LogP contribution in [0.25, 0.3) is 0 Å². The third-order valence-electron chi connectivity index (χ3n) is 2.30. The number of carbonyl (C=O) groups is 2. The van der Waals surface area contributed by atoms with Gasteiger partial charge in [-0.3, -0.25) is 9.59 Å². The minimum atomic E-state index is -0.919. The largest absolute Gasteiger partial charge is 0.481 e. The molecule has 0 heterocycles. The molecule has 0 aliphatic rings. The summed E-state index contributed by atoms with van der Waals surface area (Å²) in [5.74, 6) is 1.50. The number of hydrogen-bond acceptors (Lipinski definition) is 3. The van der Waals surface area contributed by atoms with Crippen LogP contribution in [0.2, 0.25) is 0 Å². The number of hydrogen-bond donors (Lipinski definition) is 2. The Morgan fingerprint density at radius 3 is 2.89 bits per heavy atom. The summed E-state index contributed by atoms with van der Waals surface area (Å²) in [5, 5.41) is 11.2. The second kappa shape index (κ2) is 7.07. The van der Waals surface area contributed by atoms with Gasteiger partial charge in [-0.15, -0.1) is 6.42 Å². The molecule has 0 aliphatic carbocycles. The molecular weight excluding hydrogens is 246 g/mol. The van der Waals surface area contributed by atoms with Crippen molar-refractivity contribution in [2.24, 2.45) is 0 Å². The van der Waals surface area contributed by atoms with Crippen molar-refractivity contribution in [3.05, 3.63) is 29.8 Å². The van der Waals surface area contributed by atoms with E-state index in [0.717, 1.165) is 0 Å². The van der Waals surface area contributed by atoms with Gasteiger partial charge in [0.25, 0.3) is 5.91 Å². The van der Waals surface area contributed by atoms with Crippen molar-refractivity contribution < 1.29 is 19.4 Å². The fourth-order valence-corrected chi connectivity index (χ4v) is 1.44. The van der Waals surface area contributed by atoms with E-state index in [1.165, 1.54) is 0 Å². The molecule has 1 aromatic rings. The lowest BCUT2D eigenvalue weighted by molar-refractivity contribution is -0.136. The molecule has 2 N–H and O–H groups in total. The van der Waals surface area contributed by atoms with Crippen molar-refractivity contribution in [2.75, 3.05) is 6.54 Å². The fourth-order valence-electron chi connectivity index (χ4n) is 1.44. The van der Waals surface area contributed by atoms with Crippen LogP contribution >= 0.6 is 0 Å². The van der Waals surface area contributed by atoms with E-state index in [0.29, 0.717) is 11.3 Å². The van der Waals surface area contributed by atoms with E-state index >= 15 is 0 Å². The SMILES string of the molecule is C#CCNC(=O)C(C)Oc1cccc(CC(=O)O)c1. The molecule has 1 unspecified atom stereocenters. The van der Waals surface area contributed by atoms with Gasteiger partial charge in [-0.05, 0) is 24.6 Å². The molecule has 1 amide bonds. The number of nitrogens with one attached hydrogen (secondary N) is 1. The molecule has 0 aliphatic heterocycles. The van der Waals surface area contributed by atoms with Gasteiger partial charge in [0.15, 0.2) is 6.10 Å². The van der Waals surface area contributed by atoms with Crippen molar-refractivity contribution in [2.45, 2.75) is 19.4 Å². The van der Waals surface area contributed by atoms with E-state index in [2.05, 4.69) is 11.2 Å². The second-order valence-electron chi connectivity index (χ2n) is 3.90. The molecule has 19 heavy (non-hydrogen) atoms. The standard InChI is InChI=1S/C14H15NO4/c1-3-7-15-14(18)10(2)19-12-6-4-5-11(8-12)9-13(16)17/h1,4-6,8,10H,7,9H2,2H3,(H,15,18)(H,16,17). The monoisotopic (exact) mass is 261 g/mol. The summed E-state index contributed by atoms with van der Waals surface area (Å²) in [7, 11) is 0. The summed E-state index contributed by atoms with van der Waals surface area (Å²) in [6.45, 7) is 1.74. The van der Waals surface area contributed by atoms with E-state index in [1.54, 1.807) is 31.2 Å². The number of rotatable bonds is 6. The Bertz CT molecular complexity index is 504. The molecule has 1 aromatic carbocycles. The molecule has 5 heteroatoms. The Morgan fingerprint density at radius 1 is 1.53 bits per heavy atom. The van der Waals surface area contributed by atoms with Crippen molar-refractivity contribution in [3.63, 3.8) is 0 Å². The van der Waals surface area contributed by atoms with Crippen molar-refractivity contribution in [1.29, 1.82) is 0 Å². The maximum absolute atomic E-state index is 11.5. The van der Waals surface area contributed by atoms with Gasteiger partial charge in [0, 0.05) is 0 Å². The zero-order valence-corrected chi connectivity index (χ0v) is 10.6. The maximum atomic E-state index is 11.5. The molecule has 1 rings (SSSR count). The van der Waals surface area contributed by atoms with Gasteiger partial charge < -0.3 is 15.2 Å². The first-order valence-electron chi connectivity index (χ1n) is 5.71. The zero-order chi connectivity index (χ0) is 14.3. The third-order valence-corrected chi connectivity index (χ3v) is 2.30. The lowest BCUT2D eigenvalue weighted by Crippen LogP contribution is -2.36. The predicted octanol–water partition coefficient (Wildman–Crippen LogP) is 0.830. The van der Waals surface area contributed by atoms with Crippen LogP contribution in [0.5, 0.6) is 5.75 Å². The van der Waals surface area contributed by atoms with Crippen LogP contribution < -0.4 is 10.1 Å². The Labute approximate surface area is 111 Å². The summed E-state index contributed by atoms with van der Waals surface area (Å²) in [5.41, 5.74) is 0.612.